The molecule has 4 atom stereocenters. The lowest BCUT2D eigenvalue weighted by molar-refractivity contribution is -0.144. The maximum Gasteiger partial charge on any atom is 0.460 e. The summed E-state index contributed by atoms with van der Waals surface area (Å²) >= 11 is 0. The molecule has 0 amide bonds. The predicted octanol–water partition coefficient (Wildman–Crippen LogP) is 18.2. The number of rotatable bonds is 40. The molecule has 0 aliphatic heterocycles. The van der Waals surface area contributed by atoms with Crippen molar-refractivity contribution < 1.29 is 33.0 Å². The van der Waals surface area contributed by atoms with Crippen molar-refractivity contribution in [2.24, 2.45) is 0 Å². The predicted molar refractivity (Wildman–Crippen MR) is 280 cm³/mol. The molecule has 0 radical (unpaired) electrons. The number of ether oxygens (including phenoxy) is 2. The number of hydrogen-bond donors (Lipinski definition) is 1. The Morgan fingerprint density at radius 2 is 0.697 bits per heavy atom. The Hall–Kier alpha value is -2.63. The van der Waals surface area contributed by atoms with Crippen LogP contribution in [0.1, 0.15) is 293 Å². The highest BCUT2D eigenvalue weighted by atomic mass is 31.2. The van der Waals surface area contributed by atoms with Gasteiger partial charge in [-0.25, -0.2) is 0 Å². The molecule has 2 rings (SSSR count). The van der Waals surface area contributed by atoms with Crippen molar-refractivity contribution in [1.29, 1.82) is 0 Å². The summed E-state index contributed by atoms with van der Waals surface area (Å²) in [5.41, 5.74) is 6.32. The van der Waals surface area contributed by atoms with Gasteiger partial charge in [0, 0.05) is 12.8 Å². The molecule has 66 heavy (non-hydrogen) atoms. The van der Waals surface area contributed by atoms with Gasteiger partial charge < -0.3 is 23.4 Å². The van der Waals surface area contributed by atoms with Gasteiger partial charge in [-0.1, -0.05) is 209 Å². The number of unbranched alkanes of at least 4 members (excludes halogenated alkanes) is 18. The maximum absolute atomic E-state index is 12.9. The van der Waals surface area contributed by atoms with Crippen molar-refractivity contribution in [3.05, 3.63) is 57.6 Å². The zero-order valence-electron chi connectivity index (χ0n) is 44.2. The number of carbonyl (C=O) groups excluding carboxylic acids is 2. The number of esters is 2. The summed E-state index contributed by atoms with van der Waals surface area (Å²) in [5, 5.41) is 0. The Balaban J connectivity index is 2.15. The average Bonchev–Trinajstić information content (AvgIpc) is 3.32. The van der Waals surface area contributed by atoms with Gasteiger partial charge >= 0.3 is 20.5 Å². The zero-order chi connectivity index (χ0) is 48.5. The fourth-order valence-corrected chi connectivity index (χ4v) is 9.46. The van der Waals surface area contributed by atoms with Gasteiger partial charge in [0.25, 0.3) is 0 Å². The topological polar surface area (TPSA) is 91.3 Å². The number of carbonyl (C=O) groups is 2. The Bertz CT molecular complexity index is 1410. The Morgan fingerprint density at radius 3 is 0.955 bits per heavy atom. The molecule has 0 bridgehead atoms. The number of aryl methyl sites for hydroxylation is 2. The molecule has 7 nitrogen and oxygen atoms in total. The summed E-state index contributed by atoms with van der Waals surface area (Å²) in [6.07, 6.45) is 30.5. The minimum absolute atomic E-state index is 0.145. The molecule has 0 spiro atoms. The largest absolute Gasteiger partial charge is 0.466 e. The van der Waals surface area contributed by atoms with Crippen molar-refractivity contribution in [3.63, 3.8) is 0 Å². The van der Waals surface area contributed by atoms with Crippen LogP contribution in [-0.4, -0.2) is 30.0 Å². The van der Waals surface area contributed by atoms with Crippen molar-refractivity contribution >= 4 is 20.5 Å². The lowest BCUT2D eigenvalue weighted by Crippen LogP contribution is -2.11. The Morgan fingerprint density at radius 1 is 0.439 bits per heavy atom. The smallest absolute Gasteiger partial charge is 0.460 e. The summed E-state index contributed by atoms with van der Waals surface area (Å²) < 4.78 is 24.6. The minimum atomic E-state index is -2.36. The van der Waals surface area contributed by atoms with Crippen molar-refractivity contribution in [1.82, 2.24) is 0 Å². The van der Waals surface area contributed by atoms with E-state index in [0.717, 1.165) is 84.7 Å². The molecule has 0 heterocycles. The van der Waals surface area contributed by atoms with Crippen LogP contribution in [0.2, 0.25) is 0 Å². The third-order valence-corrected chi connectivity index (χ3v) is 14.8. The first-order chi connectivity index (χ1) is 31.9. The normalized spacial score (nSPS) is 13.8. The second kappa shape index (κ2) is 36.4. The molecule has 2 aromatic rings. The minimum Gasteiger partial charge on any atom is -0.466 e. The number of benzene rings is 2. The van der Waals surface area contributed by atoms with E-state index in [1.54, 1.807) is 0 Å². The quantitative estimate of drug-likeness (QED) is 0.0404. The van der Waals surface area contributed by atoms with Crippen LogP contribution in [0.25, 0.3) is 0 Å². The third-order valence-electron chi connectivity index (χ3n) is 14.1. The maximum atomic E-state index is 12.9. The molecule has 0 aliphatic carbocycles. The van der Waals surface area contributed by atoms with E-state index >= 15 is 0 Å². The van der Waals surface area contributed by atoms with Crippen LogP contribution in [0.3, 0.4) is 0 Å². The van der Waals surface area contributed by atoms with E-state index in [2.05, 4.69) is 93.5 Å². The SMILES string of the molecule is CCCCCCCCCCCCOC(=O)CCc1cc(C(C)CC)c(OP(O)Oc2c(C(C)CC)cc(CCC(=O)OCCCCCCCCCCCC)cc2C(C)CC)c(C(C)CC)c1. The molecule has 2 aromatic carbocycles. The monoisotopic (exact) mass is 939 g/mol. The van der Waals surface area contributed by atoms with Crippen LogP contribution in [-0.2, 0) is 31.9 Å². The highest BCUT2D eigenvalue weighted by Gasteiger charge is 2.28. The summed E-state index contributed by atoms with van der Waals surface area (Å²) in [6.45, 7) is 23.0. The van der Waals surface area contributed by atoms with E-state index in [-0.39, 0.29) is 35.6 Å². The van der Waals surface area contributed by atoms with Crippen LogP contribution in [0, 0.1) is 0 Å². The Kier molecular flexibility index (Phi) is 32.8. The highest BCUT2D eigenvalue weighted by molar-refractivity contribution is 7.41. The van der Waals surface area contributed by atoms with E-state index in [1.807, 2.05) is 0 Å². The van der Waals surface area contributed by atoms with Gasteiger partial charge in [-0.3, -0.25) is 9.59 Å². The average molecular weight is 939 g/mol. The lowest BCUT2D eigenvalue weighted by Gasteiger charge is -2.27. The first-order valence-electron chi connectivity index (χ1n) is 27.4. The summed E-state index contributed by atoms with van der Waals surface area (Å²) in [5.74, 6) is 1.78. The van der Waals surface area contributed by atoms with Gasteiger partial charge in [-0.15, -0.1) is 0 Å². The van der Waals surface area contributed by atoms with E-state index in [0.29, 0.717) is 50.4 Å². The van der Waals surface area contributed by atoms with Crippen LogP contribution in [0.15, 0.2) is 24.3 Å². The molecule has 4 unspecified atom stereocenters. The van der Waals surface area contributed by atoms with Gasteiger partial charge in [0.1, 0.15) is 11.5 Å². The molecule has 8 heteroatoms. The van der Waals surface area contributed by atoms with Gasteiger partial charge in [0.2, 0.25) is 0 Å². The molecule has 0 aliphatic rings. The fraction of sp³-hybridized carbons (Fsp3) is 0.759. The summed E-state index contributed by atoms with van der Waals surface area (Å²) in [4.78, 5) is 37.6. The molecule has 0 saturated carbocycles. The molecule has 0 fully saturated rings. The van der Waals surface area contributed by atoms with Gasteiger partial charge in [-0.05, 0) is 108 Å². The van der Waals surface area contributed by atoms with Gasteiger partial charge in [0.15, 0.2) is 0 Å². The van der Waals surface area contributed by atoms with Crippen LogP contribution in [0.5, 0.6) is 11.5 Å². The molecule has 0 saturated heterocycles. The highest BCUT2D eigenvalue weighted by Crippen LogP contribution is 2.49. The van der Waals surface area contributed by atoms with Crippen molar-refractivity contribution in [3.8, 4) is 11.5 Å². The molecule has 0 aromatic heterocycles. The molecular formula is C58H99O7P. The standard InChI is InChI=1S/C58H99O7P/c1-11-17-19-21-23-25-27-29-31-33-39-62-55(59)37-35-49-41-51(45(7)13-3)57(52(42-49)46(8)14-4)64-66(61)65-58-53(47(9)15-5)43-50(44-54(58)48(10)16-6)36-38-56(60)63-40-34-32-30-28-26-24-22-20-18-12-2/h41-48,61H,11-40H2,1-10H3. The van der Waals surface area contributed by atoms with E-state index < -0.39 is 8.60 Å². The first-order valence-corrected chi connectivity index (χ1v) is 28.6. The van der Waals surface area contributed by atoms with E-state index in [9.17, 15) is 14.5 Å². The zero-order valence-corrected chi connectivity index (χ0v) is 45.1. The second-order valence-corrected chi connectivity index (χ2v) is 20.5. The summed E-state index contributed by atoms with van der Waals surface area (Å²) in [6, 6.07) is 8.67. The van der Waals surface area contributed by atoms with Crippen LogP contribution in [0.4, 0.5) is 0 Å². The molecular weight excluding hydrogens is 840 g/mol. The first kappa shape index (κ1) is 59.5. The lowest BCUT2D eigenvalue weighted by atomic mass is 9.87. The number of hydrogen-bond acceptors (Lipinski definition) is 7. The molecule has 378 valence electrons. The van der Waals surface area contributed by atoms with E-state index in [4.69, 9.17) is 18.5 Å². The van der Waals surface area contributed by atoms with Gasteiger partial charge in [0.05, 0.1) is 13.2 Å². The molecule has 1 N–H and O–H groups in total. The van der Waals surface area contributed by atoms with Crippen LogP contribution >= 0.6 is 8.60 Å². The summed E-state index contributed by atoms with van der Waals surface area (Å²) in [7, 11) is -2.36. The fourth-order valence-electron chi connectivity index (χ4n) is 8.68. The second-order valence-electron chi connectivity index (χ2n) is 19.7. The third kappa shape index (κ3) is 23.6. The Labute approximate surface area is 407 Å². The van der Waals surface area contributed by atoms with Crippen molar-refractivity contribution in [2.75, 3.05) is 13.2 Å². The van der Waals surface area contributed by atoms with Crippen LogP contribution < -0.4 is 9.05 Å². The van der Waals surface area contributed by atoms with Gasteiger partial charge in [-0.2, -0.15) is 0 Å². The van der Waals surface area contributed by atoms with E-state index in [1.165, 1.54) is 103 Å². The van der Waals surface area contributed by atoms with Crippen molar-refractivity contribution in [2.45, 2.75) is 273 Å².